The summed E-state index contributed by atoms with van der Waals surface area (Å²) in [5, 5.41) is 0. The number of rotatable bonds is 11. The SMILES string of the molecule is COC(=O)CN(Cc1cc(OC)cc(OC)c1)C(=O)CCCOc1cccc(C)c1. The predicted molar refractivity (Wildman–Crippen MR) is 113 cm³/mol. The molecule has 1 amide bonds. The van der Waals surface area contributed by atoms with Gasteiger partial charge in [0.2, 0.25) is 5.91 Å². The molecule has 7 nitrogen and oxygen atoms in total. The number of esters is 1. The van der Waals surface area contributed by atoms with E-state index >= 15 is 0 Å². The zero-order valence-electron chi connectivity index (χ0n) is 18.0. The molecule has 0 aromatic heterocycles. The first-order chi connectivity index (χ1) is 14.4. The number of methoxy groups -OCH3 is 3. The molecular formula is C23H29NO6. The molecule has 0 radical (unpaired) electrons. The van der Waals surface area contributed by atoms with Gasteiger partial charge in [0.1, 0.15) is 23.8 Å². The maximum Gasteiger partial charge on any atom is 0.325 e. The van der Waals surface area contributed by atoms with E-state index in [1.165, 1.54) is 12.0 Å². The molecular weight excluding hydrogens is 386 g/mol. The highest BCUT2D eigenvalue weighted by Crippen LogP contribution is 2.23. The molecule has 2 rings (SSSR count). The van der Waals surface area contributed by atoms with Crippen molar-refractivity contribution in [3.05, 3.63) is 53.6 Å². The summed E-state index contributed by atoms with van der Waals surface area (Å²) in [5.74, 6) is 1.37. The Kier molecular flexibility index (Phi) is 9.00. The molecule has 2 aromatic carbocycles. The third kappa shape index (κ3) is 7.31. The predicted octanol–water partition coefficient (Wildman–Crippen LogP) is 3.37. The Morgan fingerprint density at radius 1 is 0.933 bits per heavy atom. The Labute approximate surface area is 177 Å². The fraction of sp³-hybridized carbons (Fsp3) is 0.391. The topological polar surface area (TPSA) is 74.3 Å². The van der Waals surface area contributed by atoms with Gasteiger partial charge in [-0.05, 0) is 48.7 Å². The summed E-state index contributed by atoms with van der Waals surface area (Å²) in [6, 6.07) is 13.1. The first-order valence-corrected chi connectivity index (χ1v) is 9.71. The second-order valence-electron chi connectivity index (χ2n) is 6.82. The Bertz CT molecular complexity index is 829. The summed E-state index contributed by atoms with van der Waals surface area (Å²) >= 11 is 0. The Hall–Kier alpha value is -3.22. The van der Waals surface area contributed by atoms with Crippen LogP contribution < -0.4 is 14.2 Å². The summed E-state index contributed by atoms with van der Waals surface area (Å²) in [4.78, 5) is 26.1. The van der Waals surface area contributed by atoms with Gasteiger partial charge in [-0.1, -0.05) is 12.1 Å². The standard InChI is InChI=1S/C23H29NO6/c1-17-7-5-8-19(11-17)30-10-6-9-22(25)24(16-23(26)29-4)15-18-12-20(27-2)14-21(13-18)28-3/h5,7-8,11-14H,6,9-10,15-16H2,1-4H3. The van der Waals surface area contributed by atoms with Gasteiger partial charge >= 0.3 is 5.97 Å². The second kappa shape index (κ2) is 11.7. The van der Waals surface area contributed by atoms with Gasteiger partial charge in [-0.2, -0.15) is 0 Å². The van der Waals surface area contributed by atoms with Crippen molar-refractivity contribution in [3.63, 3.8) is 0 Å². The number of nitrogens with zero attached hydrogens (tertiary/aromatic N) is 1. The molecule has 2 aromatic rings. The van der Waals surface area contributed by atoms with Crippen LogP contribution in [0.1, 0.15) is 24.0 Å². The molecule has 0 unspecified atom stereocenters. The van der Waals surface area contributed by atoms with E-state index in [1.54, 1.807) is 32.4 Å². The molecule has 0 heterocycles. The third-order valence-electron chi connectivity index (χ3n) is 4.48. The van der Waals surface area contributed by atoms with Gasteiger partial charge in [0, 0.05) is 19.0 Å². The average Bonchev–Trinajstić information content (AvgIpc) is 2.75. The largest absolute Gasteiger partial charge is 0.497 e. The lowest BCUT2D eigenvalue weighted by Crippen LogP contribution is -2.35. The first kappa shape index (κ1) is 23.1. The van der Waals surface area contributed by atoms with E-state index < -0.39 is 5.97 Å². The minimum atomic E-state index is -0.478. The zero-order chi connectivity index (χ0) is 21.9. The molecule has 0 aliphatic rings. The van der Waals surface area contributed by atoms with Crippen molar-refractivity contribution >= 4 is 11.9 Å². The van der Waals surface area contributed by atoms with Crippen LogP contribution in [0.3, 0.4) is 0 Å². The lowest BCUT2D eigenvalue weighted by atomic mass is 10.1. The average molecular weight is 415 g/mol. The number of carbonyl (C=O) groups excluding carboxylic acids is 2. The molecule has 0 saturated carbocycles. The number of benzene rings is 2. The van der Waals surface area contributed by atoms with Crippen LogP contribution in [0.2, 0.25) is 0 Å². The molecule has 0 spiro atoms. The van der Waals surface area contributed by atoms with Crippen LogP contribution in [0.5, 0.6) is 17.2 Å². The van der Waals surface area contributed by atoms with Crippen molar-refractivity contribution in [2.24, 2.45) is 0 Å². The van der Waals surface area contributed by atoms with Crippen LogP contribution in [0.15, 0.2) is 42.5 Å². The molecule has 0 aliphatic carbocycles. The van der Waals surface area contributed by atoms with Gasteiger partial charge in [0.25, 0.3) is 0 Å². The summed E-state index contributed by atoms with van der Waals surface area (Å²) in [7, 11) is 4.42. The molecule has 7 heteroatoms. The lowest BCUT2D eigenvalue weighted by Gasteiger charge is -2.22. The lowest BCUT2D eigenvalue weighted by molar-refractivity contribution is -0.147. The minimum absolute atomic E-state index is 0.131. The van der Waals surface area contributed by atoms with Crippen molar-refractivity contribution in [3.8, 4) is 17.2 Å². The minimum Gasteiger partial charge on any atom is -0.497 e. The number of ether oxygens (including phenoxy) is 4. The fourth-order valence-corrected chi connectivity index (χ4v) is 2.91. The van der Waals surface area contributed by atoms with Crippen molar-refractivity contribution < 1.29 is 28.5 Å². The van der Waals surface area contributed by atoms with E-state index in [9.17, 15) is 9.59 Å². The molecule has 162 valence electrons. The number of aryl methyl sites for hydroxylation is 1. The Balaban J connectivity index is 1.99. The maximum atomic E-state index is 12.8. The monoisotopic (exact) mass is 415 g/mol. The third-order valence-corrected chi connectivity index (χ3v) is 4.48. The van der Waals surface area contributed by atoms with Crippen LogP contribution in [-0.2, 0) is 20.9 Å². The van der Waals surface area contributed by atoms with E-state index in [0.29, 0.717) is 24.5 Å². The first-order valence-electron chi connectivity index (χ1n) is 9.71. The number of amides is 1. The van der Waals surface area contributed by atoms with Crippen LogP contribution in [0, 0.1) is 6.92 Å². The highest BCUT2D eigenvalue weighted by Gasteiger charge is 2.18. The maximum absolute atomic E-state index is 12.8. The van der Waals surface area contributed by atoms with Crippen LogP contribution in [0.25, 0.3) is 0 Å². The van der Waals surface area contributed by atoms with Crippen molar-refractivity contribution in [1.82, 2.24) is 4.90 Å². The number of carbonyl (C=O) groups is 2. The molecule has 0 aliphatic heterocycles. The van der Waals surface area contributed by atoms with Gasteiger partial charge in [-0.25, -0.2) is 0 Å². The van der Waals surface area contributed by atoms with Gasteiger partial charge < -0.3 is 23.8 Å². The van der Waals surface area contributed by atoms with Crippen LogP contribution >= 0.6 is 0 Å². The van der Waals surface area contributed by atoms with E-state index in [1.807, 2.05) is 31.2 Å². The van der Waals surface area contributed by atoms with Crippen molar-refractivity contribution in [2.75, 3.05) is 34.5 Å². The highest BCUT2D eigenvalue weighted by atomic mass is 16.5. The molecule has 0 N–H and O–H groups in total. The van der Waals surface area contributed by atoms with E-state index in [-0.39, 0.29) is 25.4 Å². The zero-order valence-corrected chi connectivity index (χ0v) is 18.0. The number of hydrogen-bond donors (Lipinski definition) is 0. The summed E-state index contributed by atoms with van der Waals surface area (Å²) in [6.07, 6.45) is 0.787. The summed E-state index contributed by atoms with van der Waals surface area (Å²) in [6.45, 7) is 2.51. The van der Waals surface area contributed by atoms with Gasteiger partial charge in [0.15, 0.2) is 0 Å². The molecule has 0 bridgehead atoms. The molecule has 0 atom stereocenters. The highest BCUT2D eigenvalue weighted by molar-refractivity contribution is 5.82. The summed E-state index contributed by atoms with van der Waals surface area (Å²) in [5.41, 5.74) is 1.90. The van der Waals surface area contributed by atoms with Crippen LogP contribution in [0.4, 0.5) is 0 Å². The summed E-state index contributed by atoms with van der Waals surface area (Å²) < 4.78 is 21.0. The van der Waals surface area contributed by atoms with Crippen molar-refractivity contribution in [1.29, 1.82) is 0 Å². The molecule has 0 fully saturated rings. The van der Waals surface area contributed by atoms with Crippen molar-refractivity contribution in [2.45, 2.75) is 26.3 Å². The van der Waals surface area contributed by atoms with E-state index in [4.69, 9.17) is 18.9 Å². The smallest absolute Gasteiger partial charge is 0.325 e. The molecule has 30 heavy (non-hydrogen) atoms. The van der Waals surface area contributed by atoms with E-state index in [0.717, 1.165) is 16.9 Å². The van der Waals surface area contributed by atoms with Gasteiger partial charge in [0.05, 0.1) is 27.9 Å². The van der Waals surface area contributed by atoms with Crippen LogP contribution in [-0.4, -0.2) is 51.3 Å². The second-order valence-corrected chi connectivity index (χ2v) is 6.82. The fourth-order valence-electron chi connectivity index (χ4n) is 2.91. The number of hydrogen-bond acceptors (Lipinski definition) is 6. The Morgan fingerprint density at radius 2 is 1.63 bits per heavy atom. The van der Waals surface area contributed by atoms with E-state index in [2.05, 4.69) is 0 Å². The normalized spacial score (nSPS) is 10.3. The van der Waals surface area contributed by atoms with Gasteiger partial charge in [-0.15, -0.1) is 0 Å². The van der Waals surface area contributed by atoms with Gasteiger partial charge in [-0.3, -0.25) is 9.59 Å². The molecule has 0 saturated heterocycles. The Morgan fingerprint density at radius 3 is 2.23 bits per heavy atom. The quantitative estimate of drug-likeness (QED) is 0.414.